The molecule has 2 N–H and O–H groups in total. The van der Waals surface area contributed by atoms with E-state index >= 15 is 0 Å². The van der Waals surface area contributed by atoms with Gasteiger partial charge in [0.1, 0.15) is 17.5 Å². The number of carbonyl (C=O) groups excluding carboxylic acids is 1. The summed E-state index contributed by atoms with van der Waals surface area (Å²) in [6.07, 6.45) is 1.80. The maximum Gasteiger partial charge on any atom is 0.360 e. The summed E-state index contributed by atoms with van der Waals surface area (Å²) < 4.78 is 6.52. The van der Waals surface area contributed by atoms with Gasteiger partial charge in [0.15, 0.2) is 5.69 Å². The molecule has 1 fully saturated rings. The van der Waals surface area contributed by atoms with Gasteiger partial charge in [-0.2, -0.15) is 10.4 Å². The van der Waals surface area contributed by atoms with Crippen molar-refractivity contribution in [1.82, 2.24) is 14.7 Å². The topological polar surface area (TPSA) is 97.2 Å². The van der Waals surface area contributed by atoms with E-state index < -0.39 is 5.97 Å². The second kappa shape index (κ2) is 5.92. The van der Waals surface area contributed by atoms with Crippen molar-refractivity contribution in [2.45, 2.75) is 25.8 Å². The van der Waals surface area contributed by atoms with Crippen LogP contribution in [0.3, 0.4) is 0 Å². The Morgan fingerprint density at radius 1 is 1.55 bits per heavy atom. The molecule has 108 valence electrons. The second-order valence-corrected chi connectivity index (χ2v) is 4.92. The Kier molecular flexibility index (Phi) is 4.25. The van der Waals surface area contributed by atoms with E-state index in [1.54, 1.807) is 11.6 Å². The van der Waals surface area contributed by atoms with Gasteiger partial charge in [0.2, 0.25) is 0 Å². The summed E-state index contributed by atoms with van der Waals surface area (Å²) in [7, 11) is 2.06. The van der Waals surface area contributed by atoms with E-state index in [2.05, 4.69) is 17.0 Å². The van der Waals surface area contributed by atoms with E-state index in [-0.39, 0.29) is 29.7 Å². The van der Waals surface area contributed by atoms with Gasteiger partial charge in [0, 0.05) is 0 Å². The Balaban J connectivity index is 2.31. The Labute approximate surface area is 117 Å². The van der Waals surface area contributed by atoms with Crippen molar-refractivity contribution >= 4 is 11.8 Å². The van der Waals surface area contributed by atoms with E-state index in [1.807, 2.05) is 6.07 Å². The van der Waals surface area contributed by atoms with E-state index in [4.69, 9.17) is 10.5 Å². The summed E-state index contributed by atoms with van der Waals surface area (Å²) in [5.41, 5.74) is 6.10. The molecular formula is C13H19N5O2. The van der Waals surface area contributed by atoms with Crippen molar-refractivity contribution in [2.24, 2.45) is 0 Å². The minimum atomic E-state index is -0.595. The monoisotopic (exact) mass is 277 g/mol. The minimum absolute atomic E-state index is 0.0192. The molecule has 20 heavy (non-hydrogen) atoms. The average Bonchev–Trinajstić information content (AvgIpc) is 2.77. The first-order valence-corrected chi connectivity index (χ1v) is 6.72. The van der Waals surface area contributed by atoms with E-state index in [1.165, 1.54) is 0 Å². The van der Waals surface area contributed by atoms with Crippen LogP contribution in [0.1, 0.15) is 41.9 Å². The van der Waals surface area contributed by atoms with Gasteiger partial charge >= 0.3 is 5.97 Å². The Hall–Kier alpha value is -2.07. The molecule has 0 amide bonds. The number of nitrogens with two attached hydrogens (primary N) is 1. The Morgan fingerprint density at radius 3 is 2.75 bits per heavy atom. The number of hydrogen-bond donors (Lipinski definition) is 1. The van der Waals surface area contributed by atoms with Gasteiger partial charge in [-0.05, 0) is 39.9 Å². The number of nitrogen functional groups attached to an aromatic ring is 1. The van der Waals surface area contributed by atoms with Gasteiger partial charge in [0.25, 0.3) is 0 Å². The lowest BCUT2D eigenvalue weighted by Crippen LogP contribution is -2.32. The van der Waals surface area contributed by atoms with Crippen LogP contribution >= 0.6 is 0 Å². The first-order chi connectivity index (χ1) is 9.58. The fourth-order valence-electron chi connectivity index (χ4n) is 2.42. The fraction of sp³-hybridized carbons (Fsp3) is 0.615. The third kappa shape index (κ3) is 2.60. The number of nitrogens with zero attached hydrogens (tertiary/aromatic N) is 4. The third-order valence-corrected chi connectivity index (χ3v) is 3.56. The van der Waals surface area contributed by atoms with Gasteiger partial charge in [-0.25, -0.2) is 9.48 Å². The minimum Gasteiger partial charge on any atom is -0.461 e. The smallest absolute Gasteiger partial charge is 0.360 e. The standard InChI is InChI=1S/C13H19N5O2/c1-3-20-13(19)11-10(8-14)12(15)18(16-11)9-4-6-17(2)7-5-9/h9H,3-7,15H2,1-2H3. The summed E-state index contributed by atoms with van der Waals surface area (Å²) in [5.74, 6) is -0.340. The zero-order chi connectivity index (χ0) is 14.7. The predicted molar refractivity (Wildman–Crippen MR) is 73.1 cm³/mol. The highest BCUT2D eigenvalue weighted by Gasteiger charge is 2.27. The number of piperidine rings is 1. The number of likely N-dealkylation sites (tertiary alicyclic amines) is 1. The lowest BCUT2D eigenvalue weighted by molar-refractivity contribution is 0.0517. The Bertz CT molecular complexity index is 538. The molecule has 0 bridgehead atoms. The van der Waals surface area contributed by atoms with Crippen LogP contribution in [0.2, 0.25) is 0 Å². The van der Waals surface area contributed by atoms with Gasteiger partial charge in [-0.3, -0.25) is 0 Å². The van der Waals surface area contributed by atoms with Crippen LogP contribution in [-0.2, 0) is 4.74 Å². The van der Waals surface area contributed by atoms with Crippen molar-refractivity contribution in [1.29, 1.82) is 5.26 Å². The van der Waals surface area contributed by atoms with E-state index in [9.17, 15) is 10.1 Å². The maximum atomic E-state index is 11.8. The van der Waals surface area contributed by atoms with Crippen molar-refractivity contribution in [3.8, 4) is 6.07 Å². The number of esters is 1. The number of hydrogen-bond acceptors (Lipinski definition) is 6. The number of nitriles is 1. The molecule has 2 rings (SSSR count). The predicted octanol–water partition coefficient (Wildman–Crippen LogP) is 0.780. The van der Waals surface area contributed by atoms with Gasteiger partial charge < -0.3 is 15.4 Å². The Morgan fingerprint density at radius 2 is 2.20 bits per heavy atom. The van der Waals surface area contributed by atoms with Gasteiger partial charge in [-0.15, -0.1) is 0 Å². The van der Waals surface area contributed by atoms with Crippen LogP contribution in [-0.4, -0.2) is 47.4 Å². The van der Waals surface area contributed by atoms with Crippen LogP contribution in [0.25, 0.3) is 0 Å². The molecule has 0 aromatic carbocycles. The summed E-state index contributed by atoms with van der Waals surface area (Å²) in [4.78, 5) is 14.0. The third-order valence-electron chi connectivity index (χ3n) is 3.56. The van der Waals surface area contributed by atoms with Crippen molar-refractivity contribution in [2.75, 3.05) is 32.5 Å². The number of carbonyl (C=O) groups is 1. The molecule has 1 saturated heterocycles. The molecule has 1 aromatic rings. The highest BCUT2D eigenvalue weighted by molar-refractivity contribution is 5.91. The summed E-state index contributed by atoms with van der Waals surface area (Å²) in [6, 6.07) is 2.08. The number of ether oxygens (including phenoxy) is 1. The molecule has 0 unspecified atom stereocenters. The van der Waals surface area contributed by atoms with Crippen LogP contribution in [0, 0.1) is 11.3 Å². The zero-order valence-electron chi connectivity index (χ0n) is 11.8. The molecule has 1 aliphatic heterocycles. The van der Waals surface area contributed by atoms with Gasteiger partial charge in [-0.1, -0.05) is 0 Å². The molecule has 2 heterocycles. The number of rotatable bonds is 3. The largest absolute Gasteiger partial charge is 0.461 e. The lowest BCUT2D eigenvalue weighted by Gasteiger charge is -2.29. The molecule has 0 saturated carbocycles. The van der Waals surface area contributed by atoms with Gasteiger partial charge in [0.05, 0.1) is 12.6 Å². The zero-order valence-corrected chi connectivity index (χ0v) is 11.8. The van der Waals surface area contributed by atoms with E-state index in [0.29, 0.717) is 0 Å². The van der Waals surface area contributed by atoms with Crippen LogP contribution in [0.15, 0.2) is 0 Å². The lowest BCUT2D eigenvalue weighted by atomic mass is 10.1. The number of aromatic nitrogens is 2. The SMILES string of the molecule is CCOC(=O)c1nn(C2CCN(C)CC2)c(N)c1C#N. The molecule has 0 aliphatic carbocycles. The summed E-state index contributed by atoms with van der Waals surface area (Å²) >= 11 is 0. The van der Waals surface area contributed by atoms with Crippen LogP contribution < -0.4 is 5.73 Å². The summed E-state index contributed by atoms with van der Waals surface area (Å²) in [5, 5.41) is 13.4. The first-order valence-electron chi connectivity index (χ1n) is 6.72. The second-order valence-electron chi connectivity index (χ2n) is 4.92. The van der Waals surface area contributed by atoms with Crippen molar-refractivity contribution in [3.63, 3.8) is 0 Å². The average molecular weight is 277 g/mol. The quantitative estimate of drug-likeness (QED) is 0.820. The van der Waals surface area contributed by atoms with Crippen molar-refractivity contribution < 1.29 is 9.53 Å². The number of anilines is 1. The fourth-order valence-corrected chi connectivity index (χ4v) is 2.42. The first kappa shape index (κ1) is 14.3. The molecule has 1 aliphatic rings. The molecular weight excluding hydrogens is 258 g/mol. The molecule has 1 aromatic heterocycles. The molecule has 0 spiro atoms. The highest BCUT2D eigenvalue weighted by atomic mass is 16.5. The maximum absolute atomic E-state index is 11.8. The normalized spacial score (nSPS) is 16.9. The molecule has 0 radical (unpaired) electrons. The summed E-state index contributed by atoms with van der Waals surface area (Å²) in [6.45, 7) is 3.84. The molecule has 7 heteroatoms. The van der Waals surface area contributed by atoms with E-state index in [0.717, 1.165) is 25.9 Å². The van der Waals surface area contributed by atoms with Crippen LogP contribution in [0.4, 0.5) is 5.82 Å². The highest BCUT2D eigenvalue weighted by Crippen LogP contribution is 2.27. The molecule has 0 atom stereocenters. The van der Waals surface area contributed by atoms with Crippen molar-refractivity contribution in [3.05, 3.63) is 11.3 Å². The molecule has 7 nitrogen and oxygen atoms in total. The van der Waals surface area contributed by atoms with Crippen LogP contribution in [0.5, 0.6) is 0 Å².